The standard InChI is InChI=1S/C20H17FN4O2S2/c1-11-2-7-14-15(9-22)19(29-16(14)8-11)23-17(26)10-28-20-25-24-18(27-20)12-3-5-13(21)6-4-12/h3-6,11H,2,7-8,10H2,1H3,(H,23,26). The number of carbonyl (C=O) groups is 1. The number of carbonyl (C=O) groups excluding carboxylic acids is 1. The van der Waals surface area contributed by atoms with Crippen molar-refractivity contribution >= 4 is 34.0 Å². The molecule has 0 saturated carbocycles. The molecular weight excluding hydrogens is 411 g/mol. The van der Waals surface area contributed by atoms with Crippen LogP contribution in [0.2, 0.25) is 0 Å². The molecule has 0 saturated heterocycles. The second-order valence-corrected chi connectivity index (χ2v) is 8.92. The van der Waals surface area contributed by atoms with Crippen LogP contribution in [-0.2, 0) is 17.6 Å². The minimum absolute atomic E-state index is 0.0783. The molecule has 1 aromatic carbocycles. The maximum atomic E-state index is 13.0. The van der Waals surface area contributed by atoms with E-state index in [0.29, 0.717) is 22.0 Å². The first-order valence-corrected chi connectivity index (χ1v) is 10.9. The van der Waals surface area contributed by atoms with E-state index in [-0.39, 0.29) is 28.6 Å². The van der Waals surface area contributed by atoms with Crippen LogP contribution in [0.1, 0.15) is 29.3 Å². The number of benzene rings is 1. The van der Waals surface area contributed by atoms with Gasteiger partial charge in [0.1, 0.15) is 16.9 Å². The van der Waals surface area contributed by atoms with Crippen LogP contribution in [0.25, 0.3) is 11.5 Å². The third-order valence-electron chi connectivity index (χ3n) is 4.70. The summed E-state index contributed by atoms with van der Waals surface area (Å²) in [6.07, 6.45) is 2.90. The monoisotopic (exact) mass is 428 g/mol. The number of thiophene rings is 1. The molecule has 1 N–H and O–H groups in total. The number of hydrogen-bond donors (Lipinski definition) is 1. The minimum atomic E-state index is -0.346. The van der Waals surface area contributed by atoms with E-state index in [1.807, 2.05) is 0 Å². The number of nitrogens with zero attached hydrogens (tertiary/aromatic N) is 3. The number of fused-ring (bicyclic) bond motifs is 1. The van der Waals surface area contributed by atoms with Gasteiger partial charge in [0.15, 0.2) is 0 Å². The molecule has 6 nitrogen and oxygen atoms in total. The van der Waals surface area contributed by atoms with Gasteiger partial charge in [-0.3, -0.25) is 4.79 Å². The van der Waals surface area contributed by atoms with Crippen molar-refractivity contribution in [1.29, 1.82) is 5.26 Å². The van der Waals surface area contributed by atoms with Crippen molar-refractivity contribution in [3.8, 4) is 17.5 Å². The lowest BCUT2D eigenvalue weighted by Gasteiger charge is -2.17. The molecule has 1 unspecified atom stereocenters. The molecule has 0 bridgehead atoms. The van der Waals surface area contributed by atoms with E-state index in [4.69, 9.17) is 4.42 Å². The number of rotatable bonds is 5. The van der Waals surface area contributed by atoms with Gasteiger partial charge in [-0.25, -0.2) is 4.39 Å². The molecule has 1 aliphatic carbocycles. The summed E-state index contributed by atoms with van der Waals surface area (Å²) in [4.78, 5) is 13.6. The molecule has 1 amide bonds. The van der Waals surface area contributed by atoms with Gasteiger partial charge in [0.2, 0.25) is 11.8 Å². The van der Waals surface area contributed by atoms with Gasteiger partial charge in [-0.15, -0.1) is 21.5 Å². The van der Waals surface area contributed by atoms with Crippen LogP contribution in [0.3, 0.4) is 0 Å². The van der Waals surface area contributed by atoms with Crippen LogP contribution in [0.4, 0.5) is 9.39 Å². The van der Waals surface area contributed by atoms with Gasteiger partial charge in [-0.1, -0.05) is 18.7 Å². The normalized spacial score (nSPS) is 15.6. The molecule has 148 valence electrons. The molecule has 0 fully saturated rings. The van der Waals surface area contributed by atoms with Crippen LogP contribution < -0.4 is 5.32 Å². The molecule has 2 aromatic heterocycles. The van der Waals surface area contributed by atoms with E-state index in [1.54, 1.807) is 12.1 Å². The SMILES string of the molecule is CC1CCc2c(sc(NC(=O)CSc3nnc(-c4ccc(F)cc4)o3)c2C#N)C1. The van der Waals surface area contributed by atoms with Crippen LogP contribution in [0.15, 0.2) is 33.9 Å². The highest BCUT2D eigenvalue weighted by molar-refractivity contribution is 7.99. The Kier molecular flexibility index (Phi) is 5.65. The van der Waals surface area contributed by atoms with Crippen molar-refractivity contribution in [2.45, 2.75) is 31.4 Å². The van der Waals surface area contributed by atoms with Crippen LogP contribution in [0, 0.1) is 23.1 Å². The van der Waals surface area contributed by atoms with E-state index in [9.17, 15) is 14.4 Å². The fourth-order valence-corrected chi connectivity index (χ4v) is 5.16. The third-order valence-corrected chi connectivity index (χ3v) is 6.69. The molecule has 0 spiro atoms. The summed E-state index contributed by atoms with van der Waals surface area (Å²) in [6, 6.07) is 7.97. The Labute approximate surface area is 175 Å². The van der Waals surface area contributed by atoms with Crippen molar-refractivity contribution in [2.75, 3.05) is 11.1 Å². The zero-order valence-corrected chi connectivity index (χ0v) is 17.2. The van der Waals surface area contributed by atoms with Gasteiger partial charge in [-0.2, -0.15) is 5.26 Å². The Morgan fingerprint density at radius 3 is 2.97 bits per heavy atom. The van der Waals surface area contributed by atoms with E-state index in [2.05, 4.69) is 28.5 Å². The van der Waals surface area contributed by atoms with E-state index < -0.39 is 0 Å². The second-order valence-electron chi connectivity index (χ2n) is 6.88. The lowest BCUT2D eigenvalue weighted by molar-refractivity contribution is -0.113. The molecule has 9 heteroatoms. The Balaban J connectivity index is 1.39. The molecule has 3 aromatic rings. The summed E-state index contributed by atoms with van der Waals surface area (Å²) in [5.41, 5.74) is 2.28. The first kappa shape index (κ1) is 19.6. The van der Waals surface area contributed by atoms with E-state index in [1.165, 1.54) is 28.3 Å². The molecule has 1 atom stereocenters. The first-order valence-electron chi connectivity index (χ1n) is 9.10. The number of nitrogens with one attached hydrogen (secondary N) is 1. The number of halogens is 1. The highest BCUT2D eigenvalue weighted by Crippen LogP contribution is 2.39. The Morgan fingerprint density at radius 2 is 2.21 bits per heavy atom. The predicted molar refractivity (Wildman–Crippen MR) is 109 cm³/mol. The van der Waals surface area contributed by atoms with Crippen molar-refractivity contribution in [1.82, 2.24) is 10.2 Å². The minimum Gasteiger partial charge on any atom is -0.411 e. The predicted octanol–water partition coefficient (Wildman–Crippen LogP) is 4.66. The van der Waals surface area contributed by atoms with Crippen molar-refractivity contribution in [2.24, 2.45) is 5.92 Å². The summed E-state index contributed by atoms with van der Waals surface area (Å²) in [7, 11) is 0. The number of amides is 1. The topological polar surface area (TPSA) is 91.8 Å². The van der Waals surface area contributed by atoms with Gasteiger partial charge < -0.3 is 9.73 Å². The van der Waals surface area contributed by atoms with E-state index >= 15 is 0 Å². The maximum absolute atomic E-state index is 13.0. The van der Waals surface area contributed by atoms with Gasteiger partial charge >= 0.3 is 0 Å². The fraction of sp³-hybridized carbons (Fsp3) is 0.300. The first-order chi connectivity index (χ1) is 14.0. The molecule has 4 rings (SSSR count). The summed E-state index contributed by atoms with van der Waals surface area (Å²) < 4.78 is 18.5. The highest BCUT2D eigenvalue weighted by Gasteiger charge is 2.24. The number of nitriles is 1. The average molecular weight is 429 g/mol. The van der Waals surface area contributed by atoms with E-state index in [0.717, 1.165) is 36.6 Å². The van der Waals surface area contributed by atoms with Crippen LogP contribution >= 0.6 is 23.1 Å². The zero-order valence-electron chi connectivity index (χ0n) is 15.6. The highest BCUT2D eigenvalue weighted by atomic mass is 32.2. The summed E-state index contributed by atoms with van der Waals surface area (Å²) in [5.74, 6) is 0.356. The number of hydrogen-bond acceptors (Lipinski definition) is 7. The lowest BCUT2D eigenvalue weighted by atomic mass is 9.89. The smallest absolute Gasteiger partial charge is 0.277 e. The van der Waals surface area contributed by atoms with Crippen LogP contribution in [-0.4, -0.2) is 21.9 Å². The molecular formula is C20H17FN4O2S2. The number of thioether (sulfide) groups is 1. The second kappa shape index (κ2) is 8.35. The summed E-state index contributed by atoms with van der Waals surface area (Å²) in [6.45, 7) is 2.20. The Hall–Kier alpha value is -2.70. The number of anilines is 1. The van der Waals surface area contributed by atoms with Crippen molar-refractivity contribution < 1.29 is 13.6 Å². The molecule has 29 heavy (non-hydrogen) atoms. The zero-order chi connectivity index (χ0) is 20.4. The van der Waals surface area contributed by atoms with Gasteiger partial charge in [-0.05, 0) is 55.0 Å². The lowest BCUT2D eigenvalue weighted by Crippen LogP contribution is -2.14. The number of aromatic nitrogens is 2. The maximum Gasteiger partial charge on any atom is 0.277 e. The fourth-order valence-electron chi connectivity index (χ4n) is 3.22. The molecule has 0 radical (unpaired) electrons. The van der Waals surface area contributed by atoms with Gasteiger partial charge in [0, 0.05) is 10.4 Å². The van der Waals surface area contributed by atoms with Gasteiger partial charge in [0.25, 0.3) is 5.22 Å². The van der Waals surface area contributed by atoms with Crippen molar-refractivity contribution in [3.63, 3.8) is 0 Å². The van der Waals surface area contributed by atoms with Gasteiger partial charge in [0.05, 0.1) is 11.3 Å². The molecule has 1 aliphatic rings. The average Bonchev–Trinajstić information content (AvgIpc) is 3.30. The van der Waals surface area contributed by atoms with Crippen LogP contribution in [0.5, 0.6) is 0 Å². The third kappa shape index (κ3) is 4.33. The summed E-state index contributed by atoms with van der Waals surface area (Å²) in [5, 5.41) is 21.1. The molecule has 0 aliphatic heterocycles. The summed E-state index contributed by atoms with van der Waals surface area (Å²) >= 11 is 2.61. The quantitative estimate of drug-likeness (QED) is 0.594. The Morgan fingerprint density at radius 1 is 1.41 bits per heavy atom. The Bertz CT molecular complexity index is 1090. The van der Waals surface area contributed by atoms with Crippen molar-refractivity contribution in [3.05, 3.63) is 46.1 Å². The molecule has 2 heterocycles. The largest absolute Gasteiger partial charge is 0.411 e.